The van der Waals surface area contributed by atoms with Crippen molar-refractivity contribution < 1.29 is 24.1 Å². The zero-order valence-electron chi connectivity index (χ0n) is 12.4. The molecule has 0 radical (unpaired) electrons. The molecule has 2 aliphatic rings. The van der Waals surface area contributed by atoms with Gasteiger partial charge in [-0.3, -0.25) is 4.57 Å². The van der Waals surface area contributed by atoms with Crippen LogP contribution in [0.5, 0.6) is 0 Å². The summed E-state index contributed by atoms with van der Waals surface area (Å²) in [6.45, 7) is 3.46. The predicted octanol–water partition coefficient (Wildman–Crippen LogP) is -0.0894. The molecule has 2 aromatic heterocycles. The molecule has 23 heavy (non-hydrogen) atoms. The van der Waals surface area contributed by atoms with Crippen LogP contribution in [0.4, 0.5) is 5.82 Å². The summed E-state index contributed by atoms with van der Waals surface area (Å²) in [6, 6.07) is 0. The fourth-order valence-corrected chi connectivity index (χ4v) is 3.06. The second kappa shape index (κ2) is 4.60. The van der Waals surface area contributed by atoms with Gasteiger partial charge in [-0.05, 0) is 13.8 Å². The van der Waals surface area contributed by atoms with Crippen molar-refractivity contribution in [2.45, 2.75) is 44.2 Å². The number of nitrogens with two attached hydrogens (primary N) is 1. The quantitative estimate of drug-likeness (QED) is 0.777. The zero-order valence-corrected chi connectivity index (χ0v) is 12.4. The number of nitrogens with zero attached hydrogens (tertiary/aromatic N) is 4. The van der Waals surface area contributed by atoms with E-state index in [4.69, 9.17) is 19.9 Å². The van der Waals surface area contributed by atoms with Gasteiger partial charge in [-0.15, -0.1) is 0 Å². The molecule has 10 nitrogen and oxygen atoms in total. The van der Waals surface area contributed by atoms with Gasteiger partial charge in [0.1, 0.15) is 24.1 Å². The lowest BCUT2D eigenvalue weighted by Crippen LogP contribution is -2.35. The van der Waals surface area contributed by atoms with E-state index in [1.165, 1.54) is 12.7 Å². The second-order valence-corrected chi connectivity index (χ2v) is 5.93. The minimum Gasteiger partial charge on any atom is -0.479 e. The summed E-state index contributed by atoms with van der Waals surface area (Å²) in [6.07, 6.45) is -0.391. The SMILES string of the molecule is CC1(C)OC2C(C(=O)O)OC(n3cnc4c(N)ncnc43)C2O1. The Bertz CT molecular complexity index is 790. The average molecular weight is 321 g/mol. The molecule has 4 atom stereocenters. The molecule has 10 heteroatoms. The van der Waals surface area contributed by atoms with Gasteiger partial charge in [0, 0.05) is 0 Å². The molecule has 2 saturated heterocycles. The van der Waals surface area contributed by atoms with Gasteiger partial charge in [0.2, 0.25) is 0 Å². The maximum absolute atomic E-state index is 11.5. The first kappa shape index (κ1) is 14.3. The van der Waals surface area contributed by atoms with Gasteiger partial charge in [-0.1, -0.05) is 0 Å². The van der Waals surface area contributed by atoms with E-state index in [1.54, 1.807) is 18.4 Å². The largest absolute Gasteiger partial charge is 0.479 e. The third-order valence-corrected chi connectivity index (χ3v) is 3.93. The molecule has 2 aromatic rings. The number of anilines is 1. The molecule has 2 aliphatic heterocycles. The van der Waals surface area contributed by atoms with E-state index in [2.05, 4.69) is 15.0 Å². The number of aliphatic carboxylic acids is 1. The summed E-state index contributed by atoms with van der Waals surface area (Å²) in [5, 5.41) is 9.37. The van der Waals surface area contributed by atoms with Crippen LogP contribution >= 0.6 is 0 Å². The topological polar surface area (TPSA) is 135 Å². The molecule has 122 valence electrons. The van der Waals surface area contributed by atoms with Crippen LogP contribution in [-0.2, 0) is 19.0 Å². The van der Waals surface area contributed by atoms with Gasteiger partial charge in [-0.25, -0.2) is 19.7 Å². The molecule has 3 N–H and O–H groups in total. The van der Waals surface area contributed by atoms with Gasteiger partial charge >= 0.3 is 5.97 Å². The fourth-order valence-electron chi connectivity index (χ4n) is 3.06. The molecular weight excluding hydrogens is 306 g/mol. The number of carboxylic acid groups (broad SMARTS) is 1. The Hall–Kier alpha value is -2.30. The van der Waals surface area contributed by atoms with Crippen molar-refractivity contribution in [3.8, 4) is 0 Å². The Morgan fingerprint density at radius 1 is 1.30 bits per heavy atom. The Labute approximate surface area is 130 Å². The Morgan fingerprint density at radius 2 is 2.04 bits per heavy atom. The number of hydrogen-bond acceptors (Lipinski definition) is 8. The van der Waals surface area contributed by atoms with E-state index < -0.39 is 36.3 Å². The summed E-state index contributed by atoms with van der Waals surface area (Å²) in [5.41, 5.74) is 6.64. The van der Waals surface area contributed by atoms with Crippen molar-refractivity contribution in [2.75, 3.05) is 5.73 Å². The molecular formula is C13H15N5O5. The van der Waals surface area contributed by atoms with Crippen molar-refractivity contribution in [3.63, 3.8) is 0 Å². The molecule has 0 amide bonds. The van der Waals surface area contributed by atoms with Crippen LogP contribution in [0.2, 0.25) is 0 Å². The van der Waals surface area contributed by atoms with Crippen molar-refractivity contribution in [3.05, 3.63) is 12.7 Å². The fraction of sp³-hybridized carbons (Fsp3) is 0.538. The van der Waals surface area contributed by atoms with Crippen LogP contribution in [0.25, 0.3) is 11.2 Å². The summed E-state index contributed by atoms with van der Waals surface area (Å²) in [7, 11) is 0. The molecule has 4 unspecified atom stereocenters. The number of ether oxygens (including phenoxy) is 3. The van der Waals surface area contributed by atoms with Crippen molar-refractivity contribution in [2.24, 2.45) is 0 Å². The van der Waals surface area contributed by atoms with Crippen LogP contribution in [0.15, 0.2) is 12.7 Å². The first-order chi connectivity index (χ1) is 10.9. The van der Waals surface area contributed by atoms with Crippen LogP contribution in [0, 0.1) is 0 Å². The highest BCUT2D eigenvalue weighted by Gasteiger charge is 2.58. The summed E-state index contributed by atoms with van der Waals surface area (Å²) >= 11 is 0. The van der Waals surface area contributed by atoms with Gasteiger partial charge in [-0.2, -0.15) is 0 Å². The Kier molecular flexibility index (Phi) is 2.86. The highest BCUT2D eigenvalue weighted by molar-refractivity contribution is 5.81. The molecule has 0 aliphatic carbocycles. The number of fused-ring (bicyclic) bond motifs is 2. The molecule has 2 fully saturated rings. The highest BCUT2D eigenvalue weighted by Crippen LogP contribution is 2.43. The summed E-state index contributed by atoms with van der Waals surface area (Å²) < 4.78 is 18.8. The summed E-state index contributed by atoms with van der Waals surface area (Å²) in [5.74, 6) is -1.76. The van der Waals surface area contributed by atoms with E-state index in [0.29, 0.717) is 11.2 Å². The number of imidazole rings is 1. The van der Waals surface area contributed by atoms with E-state index >= 15 is 0 Å². The maximum Gasteiger partial charge on any atom is 0.335 e. The second-order valence-electron chi connectivity index (χ2n) is 5.93. The smallest absolute Gasteiger partial charge is 0.335 e. The van der Waals surface area contributed by atoms with E-state index in [0.717, 1.165) is 0 Å². The van der Waals surface area contributed by atoms with Gasteiger partial charge < -0.3 is 25.1 Å². The third-order valence-electron chi connectivity index (χ3n) is 3.93. The third kappa shape index (κ3) is 2.06. The minimum atomic E-state index is -1.14. The lowest BCUT2D eigenvalue weighted by molar-refractivity contribution is -0.202. The number of rotatable bonds is 2. The van der Waals surface area contributed by atoms with Crippen molar-refractivity contribution >= 4 is 23.0 Å². The Balaban J connectivity index is 1.78. The summed E-state index contributed by atoms with van der Waals surface area (Å²) in [4.78, 5) is 23.7. The van der Waals surface area contributed by atoms with Crippen LogP contribution in [-0.4, -0.2) is 54.7 Å². The van der Waals surface area contributed by atoms with Gasteiger partial charge in [0.05, 0.1) is 6.33 Å². The molecule has 0 spiro atoms. The number of aromatic nitrogens is 4. The van der Waals surface area contributed by atoms with Crippen molar-refractivity contribution in [1.82, 2.24) is 19.5 Å². The van der Waals surface area contributed by atoms with E-state index in [1.807, 2.05) is 0 Å². The lowest BCUT2D eigenvalue weighted by atomic mass is 10.1. The van der Waals surface area contributed by atoms with Gasteiger partial charge in [0.15, 0.2) is 29.6 Å². The predicted molar refractivity (Wildman–Crippen MR) is 75.1 cm³/mol. The van der Waals surface area contributed by atoms with E-state index in [-0.39, 0.29) is 5.82 Å². The Morgan fingerprint density at radius 3 is 2.78 bits per heavy atom. The number of hydrogen-bond donors (Lipinski definition) is 2. The first-order valence-electron chi connectivity index (χ1n) is 7.04. The highest BCUT2D eigenvalue weighted by atomic mass is 16.8. The van der Waals surface area contributed by atoms with E-state index in [9.17, 15) is 9.90 Å². The normalized spacial score (nSPS) is 32.3. The number of carboxylic acids is 1. The van der Waals surface area contributed by atoms with Crippen LogP contribution < -0.4 is 5.73 Å². The maximum atomic E-state index is 11.5. The van der Waals surface area contributed by atoms with Crippen LogP contribution in [0.1, 0.15) is 20.1 Å². The monoisotopic (exact) mass is 321 g/mol. The van der Waals surface area contributed by atoms with Crippen LogP contribution in [0.3, 0.4) is 0 Å². The molecule has 0 saturated carbocycles. The number of carbonyl (C=O) groups is 1. The lowest BCUT2D eigenvalue weighted by Gasteiger charge is -2.23. The zero-order chi connectivity index (χ0) is 16.4. The molecule has 0 aromatic carbocycles. The average Bonchev–Trinajstić information content (AvgIpc) is 3.09. The first-order valence-corrected chi connectivity index (χ1v) is 7.04. The molecule has 4 heterocycles. The molecule has 0 bridgehead atoms. The van der Waals surface area contributed by atoms with Crippen molar-refractivity contribution in [1.29, 1.82) is 0 Å². The standard InChI is InChI=1S/C13H15N5O5/c1-13(2)22-6-7(23-13)11(21-8(6)12(19)20)18-4-17-5-9(14)15-3-16-10(5)18/h3-4,6-8,11H,1-2H3,(H,19,20)(H2,14,15,16). The number of nitrogen functional groups attached to an aromatic ring is 1. The minimum absolute atomic E-state index is 0.238. The molecule has 4 rings (SSSR count). The van der Waals surface area contributed by atoms with Gasteiger partial charge in [0.25, 0.3) is 0 Å².